The number of pyridine rings is 1. The highest BCUT2D eigenvalue weighted by Crippen LogP contribution is 2.26. The number of anilines is 2. The Morgan fingerprint density at radius 2 is 1.96 bits per heavy atom. The Labute approximate surface area is 154 Å². The maximum absolute atomic E-state index is 12.6. The van der Waals surface area contributed by atoms with E-state index in [1.165, 1.54) is 26.2 Å². The maximum atomic E-state index is 12.6. The highest BCUT2D eigenvalue weighted by molar-refractivity contribution is 6.03. The normalized spacial score (nSPS) is 17.0. The van der Waals surface area contributed by atoms with Gasteiger partial charge in [-0.1, -0.05) is 6.92 Å². The van der Waals surface area contributed by atoms with Gasteiger partial charge in [-0.05, 0) is 69.0 Å². The third-order valence-corrected chi connectivity index (χ3v) is 4.96. The number of benzene rings is 1. The Hall–Kier alpha value is -2.69. The molecule has 1 N–H and O–H groups in total. The predicted molar refractivity (Wildman–Crippen MR) is 104 cm³/mol. The topological polar surface area (TPSA) is 62.3 Å². The van der Waals surface area contributed by atoms with Gasteiger partial charge in [-0.2, -0.15) is 0 Å². The molecule has 1 saturated heterocycles. The van der Waals surface area contributed by atoms with Crippen molar-refractivity contribution < 1.29 is 9.59 Å². The zero-order chi connectivity index (χ0) is 18.5. The van der Waals surface area contributed by atoms with E-state index in [4.69, 9.17) is 0 Å². The SMILES string of the molecule is CCC1CCCCN1c1ccnc(C(=O)Nc2ccc(C(C)=O)cc2)c1. The monoisotopic (exact) mass is 351 g/mol. The van der Waals surface area contributed by atoms with E-state index in [0.717, 1.165) is 18.7 Å². The third-order valence-electron chi connectivity index (χ3n) is 4.96. The molecule has 136 valence electrons. The van der Waals surface area contributed by atoms with E-state index in [2.05, 4.69) is 22.1 Å². The molecule has 1 aromatic heterocycles. The first-order valence-corrected chi connectivity index (χ1v) is 9.23. The van der Waals surface area contributed by atoms with Crippen molar-refractivity contribution in [1.29, 1.82) is 0 Å². The summed E-state index contributed by atoms with van der Waals surface area (Å²) in [6, 6.07) is 11.3. The van der Waals surface area contributed by atoms with Crippen LogP contribution in [0.25, 0.3) is 0 Å². The van der Waals surface area contributed by atoms with Crippen LogP contribution in [0.3, 0.4) is 0 Å². The number of rotatable bonds is 5. The number of nitrogens with one attached hydrogen (secondary N) is 1. The lowest BCUT2D eigenvalue weighted by Gasteiger charge is -2.37. The van der Waals surface area contributed by atoms with Crippen molar-refractivity contribution in [1.82, 2.24) is 4.98 Å². The van der Waals surface area contributed by atoms with E-state index in [1.807, 2.05) is 12.1 Å². The Morgan fingerprint density at radius 3 is 2.65 bits per heavy atom. The van der Waals surface area contributed by atoms with E-state index in [9.17, 15) is 9.59 Å². The zero-order valence-electron chi connectivity index (χ0n) is 15.4. The highest BCUT2D eigenvalue weighted by atomic mass is 16.2. The minimum Gasteiger partial charge on any atom is -0.368 e. The molecule has 1 atom stereocenters. The number of carbonyl (C=O) groups excluding carboxylic acids is 2. The van der Waals surface area contributed by atoms with Gasteiger partial charge in [-0.15, -0.1) is 0 Å². The van der Waals surface area contributed by atoms with Crippen LogP contribution in [0, 0.1) is 0 Å². The van der Waals surface area contributed by atoms with Gasteiger partial charge in [0.25, 0.3) is 5.91 Å². The average molecular weight is 351 g/mol. The first kappa shape index (κ1) is 18.1. The Balaban J connectivity index is 1.74. The minimum absolute atomic E-state index is 0.00394. The van der Waals surface area contributed by atoms with Gasteiger partial charge in [0, 0.05) is 35.7 Å². The number of nitrogens with zero attached hydrogens (tertiary/aromatic N) is 2. The molecule has 26 heavy (non-hydrogen) atoms. The van der Waals surface area contributed by atoms with Gasteiger partial charge in [0.1, 0.15) is 5.69 Å². The Kier molecular flexibility index (Phi) is 5.66. The van der Waals surface area contributed by atoms with Crippen molar-refractivity contribution >= 4 is 23.1 Å². The van der Waals surface area contributed by atoms with Crippen molar-refractivity contribution in [2.75, 3.05) is 16.8 Å². The van der Waals surface area contributed by atoms with Crippen LogP contribution in [0.15, 0.2) is 42.6 Å². The van der Waals surface area contributed by atoms with Gasteiger partial charge in [0.05, 0.1) is 0 Å². The quantitative estimate of drug-likeness (QED) is 0.816. The average Bonchev–Trinajstić information content (AvgIpc) is 2.68. The zero-order valence-corrected chi connectivity index (χ0v) is 15.4. The summed E-state index contributed by atoms with van der Waals surface area (Å²) in [6.45, 7) is 4.76. The largest absolute Gasteiger partial charge is 0.368 e. The van der Waals surface area contributed by atoms with Crippen molar-refractivity contribution in [2.45, 2.75) is 45.6 Å². The van der Waals surface area contributed by atoms with Crippen LogP contribution < -0.4 is 10.2 Å². The lowest BCUT2D eigenvalue weighted by molar-refractivity contribution is 0.101. The molecule has 1 aliphatic heterocycles. The number of amides is 1. The summed E-state index contributed by atoms with van der Waals surface area (Å²) < 4.78 is 0. The second kappa shape index (κ2) is 8.13. The molecule has 0 aliphatic carbocycles. The molecule has 0 bridgehead atoms. The summed E-state index contributed by atoms with van der Waals surface area (Å²) in [5.74, 6) is -0.239. The summed E-state index contributed by atoms with van der Waals surface area (Å²) >= 11 is 0. The molecule has 5 heteroatoms. The highest BCUT2D eigenvalue weighted by Gasteiger charge is 2.22. The summed E-state index contributed by atoms with van der Waals surface area (Å²) in [5, 5.41) is 2.85. The molecule has 1 aromatic carbocycles. The van der Waals surface area contributed by atoms with Crippen LogP contribution in [0.4, 0.5) is 11.4 Å². The lowest BCUT2D eigenvalue weighted by atomic mass is 9.99. The molecule has 1 unspecified atom stereocenters. The number of piperidine rings is 1. The molecular formula is C21H25N3O2. The van der Waals surface area contributed by atoms with Gasteiger partial charge in [0.2, 0.25) is 0 Å². The molecule has 2 aromatic rings. The fourth-order valence-electron chi connectivity index (χ4n) is 3.47. The van der Waals surface area contributed by atoms with E-state index in [0.29, 0.717) is 23.0 Å². The Morgan fingerprint density at radius 1 is 1.19 bits per heavy atom. The van der Waals surface area contributed by atoms with Crippen LogP contribution in [0.1, 0.15) is 60.4 Å². The number of hydrogen-bond donors (Lipinski definition) is 1. The first-order valence-electron chi connectivity index (χ1n) is 9.23. The molecule has 1 aliphatic rings. The van der Waals surface area contributed by atoms with Crippen molar-refractivity contribution in [3.8, 4) is 0 Å². The van der Waals surface area contributed by atoms with E-state index < -0.39 is 0 Å². The number of carbonyl (C=O) groups is 2. The number of hydrogen-bond acceptors (Lipinski definition) is 4. The van der Waals surface area contributed by atoms with Crippen LogP contribution in [0.2, 0.25) is 0 Å². The maximum Gasteiger partial charge on any atom is 0.274 e. The molecule has 1 fully saturated rings. The van der Waals surface area contributed by atoms with Gasteiger partial charge >= 0.3 is 0 Å². The summed E-state index contributed by atoms with van der Waals surface area (Å²) in [6.07, 6.45) is 6.45. The third kappa shape index (κ3) is 4.10. The van der Waals surface area contributed by atoms with Crippen LogP contribution in [-0.2, 0) is 0 Å². The second-order valence-electron chi connectivity index (χ2n) is 6.74. The van der Waals surface area contributed by atoms with Gasteiger partial charge in [-0.25, -0.2) is 0 Å². The first-order chi connectivity index (χ1) is 12.6. The van der Waals surface area contributed by atoms with E-state index in [1.54, 1.807) is 30.5 Å². The molecule has 1 amide bonds. The number of aromatic nitrogens is 1. The van der Waals surface area contributed by atoms with Gasteiger partial charge in [-0.3, -0.25) is 14.6 Å². The molecule has 0 radical (unpaired) electrons. The number of ketones is 1. The lowest BCUT2D eigenvalue weighted by Crippen LogP contribution is -2.39. The standard InChI is InChI=1S/C21H25N3O2/c1-3-18-6-4-5-13-24(18)19-11-12-22-20(14-19)21(26)23-17-9-7-16(8-10-17)15(2)25/h7-12,14,18H,3-6,13H2,1-2H3,(H,23,26). The molecule has 0 spiro atoms. The van der Waals surface area contributed by atoms with E-state index in [-0.39, 0.29) is 11.7 Å². The smallest absolute Gasteiger partial charge is 0.274 e. The summed E-state index contributed by atoms with van der Waals surface area (Å²) in [4.78, 5) is 30.5. The van der Waals surface area contributed by atoms with Crippen LogP contribution >= 0.6 is 0 Å². The Bertz CT molecular complexity index is 786. The summed E-state index contributed by atoms with van der Waals surface area (Å²) in [5.41, 5.74) is 2.73. The number of Topliss-reactive ketones (excluding diaryl/α,β-unsaturated/α-hetero) is 1. The second-order valence-corrected chi connectivity index (χ2v) is 6.74. The fourth-order valence-corrected chi connectivity index (χ4v) is 3.47. The van der Waals surface area contributed by atoms with Gasteiger partial charge in [0.15, 0.2) is 5.78 Å². The van der Waals surface area contributed by atoms with Crippen molar-refractivity contribution in [3.63, 3.8) is 0 Å². The predicted octanol–water partition coefficient (Wildman–Crippen LogP) is 4.31. The molecular weight excluding hydrogens is 326 g/mol. The van der Waals surface area contributed by atoms with Crippen molar-refractivity contribution in [3.05, 3.63) is 53.9 Å². The molecule has 0 saturated carbocycles. The molecule has 5 nitrogen and oxygen atoms in total. The van der Waals surface area contributed by atoms with Crippen molar-refractivity contribution in [2.24, 2.45) is 0 Å². The molecule has 3 rings (SSSR count). The van der Waals surface area contributed by atoms with Crippen LogP contribution in [-0.4, -0.2) is 29.3 Å². The van der Waals surface area contributed by atoms with Crippen LogP contribution in [0.5, 0.6) is 0 Å². The van der Waals surface area contributed by atoms with Gasteiger partial charge < -0.3 is 10.2 Å². The molecule has 2 heterocycles. The fraction of sp³-hybridized carbons (Fsp3) is 0.381. The minimum atomic E-state index is -0.243. The van der Waals surface area contributed by atoms with E-state index >= 15 is 0 Å². The summed E-state index contributed by atoms with van der Waals surface area (Å²) in [7, 11) is 0.